The molecule has 0 saturated heterocycles. The summed E-state index contributed by atoms with van der Waals surface area (Å²) in [6.45, 7) is 0.253. The summed E-state index contributed by atoms with van der Waals surface area (Å²) in [5.41, 5.74) is 3.15. The molecule has 0 aliphatic heterocycles. The highest BCUT2D eigenvalue weighted by atomic mass is 35.5. The van der Waals surface area contributed by atoms with Crippen LogP contribution < -0.4 is 5.32 Å². The van der Waals surface area contributed by atoms with Crippen LogP contribution in [-0.4, -0.2) is 15.7 Å². The van der Waals surface area contributed by atoms with Gasteiger partial charge in [0.05, 0.1) is 16.4 Å². The second kappa shape index (κ2) is 8.57. The van der Waals surface area contributed by atoms with Crippen molar-refractivity contribution in [3.63, 3.8) is 0 Å². The van der Waals surface area contributed by atoms with E-state index in [-0.39, 0.29) is 18.3 Å². The van der Waals surface area contributed by atoms with Gasteiger partial charge in [-0.05, 0) is 42.5 Å². The molecule has 0 spiro atoms. The summed E-state index contributed by atoms with van der Waals surface area (Å²) in [5, 5.41) is 8.99. The molecule has 0 saturated carbocycles. The van der Waals surface area contributed by atoms with E-state index >= 15 is 0 Å². The Balaban J connectivity index is 1.46. The molecule has 5 aromatic rings. The quantitative estimate of drug-likeness (QED) is 0.326. The molecule has 0 radical (unpaired) electrons. The van der Waals surface area contributed by atoms with Gasteiger partial charge in [0.25, 0.3) is 5.91 Å². The molecule has 4 nitrogen and oxygen atoms in total. The van der Waals surface area contributed by atoms with E-state index in [1.54, 1.807) is 16.8 Å². The molecule has 1 N–H and O–H groups in total. The molecule has 2 aromatic heterocycles. The molecule has 2 heterocycles. The molecule has 158 valence electrons. The van der Waals surface area contributed by atoms with Crippen molar-refractivity contribution in [1.82, 2.24) is 15.1 Å². The van der Waals surface area contributed by atoms with Crippen LogP contribution in [0.3, 0.4) is 0 Å². The van der Waals surface area contributed by atoms with E-state index in [1.165, 1.54) is 23.5 Å². The lowest BCUT2D eigenvalue weighted by molar-refractivity contribution is 0.0955. The van der Waals surface area contributed by atoms with Gasteiger partial charge in [0.1, 0.15) is 10.7 Å². The monoisotopic (exact) mass is 461 g/mol. The minimum absolute atomic E-state index is 0.242. The first kappa shape index (κ1) is 20.4. The van der Waals surface area contributed by atoms with Gasteiger partial charge in [-0.1, -0.05) is 48.0 Å². The van der Waals surface area contributed by atoms with Crippen molar-refractivity contribution >= 4 is 38.9 Å². The Bertz CT molecular complexity index is 1410. The van der Waals surface area contributed by atoms with E-state index in [4.69, 9.17) is 16.7 Å². The Hall–Kier alpha value is -3.48. The van der Waals surface area contributed by atoms with Gasteiger partial charge < -0.3 is 5.32 Å². The van der Waals surface area contributed by atoms with Crippen LogP contribution in [0.5, 0.6) is 0 Å². The van der Waals surface area contributed by atoms with E-state index in [9.17, 15) is 9.18 Å². The average Bonchev–Trinajstić information content (AvgIpc) is 3.40. The van der Waals surface area contributed by atoms with Crippen LogP contribution in [0.4, 0.5) is 4.39 Å². The van der Waals surface area contributed by atoms with Gasteiger partial charge in [-0.2, -0.15) is 5.10 Å². The normalized spacial score (nSPS) is 11.1. The van der Waals surface area contributed by atoms with Gasteiger partial charge in [0, 0.05) is 34.0 Å². The van der Waals surface area contributed by atoms with Gasteiger partial charge in [0.15, 0.2) is 0 Å². The predicted molar refractivity (Wildman–Crippen MR) is 127 cm³/mol. The molecule has 3 aromatic carbocycles. The number of nitrogens with one attached hydrogen (secondary N) is 1. The number of thiophene rings is 1. The van der Waals surface area contributed by atoms with Crippen LogP contribution in [0, 0.1) is 5.82 Å². The highest BCUT2D eigenvalue weighted by Gasteiger charge is 2.18. The van der Waals surface area contributed by atoms with Gasteiger partial charge >= 0.3 is 0 Å². The van der Waals surface area contributed by atoms with Gasteiger partial charge in [0.2, 0.25) is 0 Å². The third-order valence-electron chi connectivity index (χ3n) is 5.11. The van der Waals surface area contributed by atoms with Crippen LogP contribution in [0.25, 0.3) is 27.0 Å². The van der Waals surface area contributed by atoms with E-state index < -0.39 is 0 Å². The lowest BCUT2D eigenvalue weighted by Crippen LogP contribution is -2.22. The number of benzene rings is 3. The summed E-state index contributed by atoms with van der Waals surface area (Å²) in [5.74, 6) is -0.556. The predicted octanol–water partition coefficient (Wildman–Crippen LogP) is 6.48. The second-order valence-electron chi connectivity index (χ2n) is 7.21. The fourth-order valence-corrected chi connectivity index (χ4v) is 4.95. The number of hydrogen-bond acceptors (Lipinski definition) is 3. The van der Waals surface area contributed by atoms with Crippen LogP contribution in [-0.2, 0) is 6.54 Å². The number of hydrogen-bond donors (Lipinski definition) is 1. The number of nitrogens with zero attached hydrogens (tertiary/aromatic N) is 2. The summed E-state index contributed by atoms with van der Waals surface area (Å²) < 4.78 is 16.2. The number of para-hydroxylation sites is 1. The van der Waals surface area contributed by atoms with Crippen molar-refractivity contribution in [2.24, 2.45) is 0 Å². The molecular weight excluding hydrogens is 445 g/mol. The molecule has 0 bridgehead atoms. The van der Waals surface area contributed by atoms with Gasteiger partial charge in [-0.15, -0.1) is 11.3 Å². The Morgan fingerprint density at radius 1 is 1.00 bits per heavy atom. The van der Waals surface area contributed by atoms with E-state index in [0.717, 1.165) is 26.9 Å². The molecule has 32 heavy (non-hydrogen) atoms. The summed E-state index contributed by atoms with van der Waals surface area (Å²) >= 11 is 7.82. The van der Waals surface area contributed by atoms with Crippen LogP contribution in [0.15, 0.2) is 85.1 Å². The number of carbonyl (C=O) groups is 1. The Kier molecular flexibility index (Phi) is 5.47. The Morgan fingerprint density at radius 2 is 1.72 bits per heavy atom. The van der Waals surface area contributed by atoms with Crippen LogP contribution >= 0.6 is 22.9 Å². The second-order valence-corrected chi connectivity index (χ2v) is 8.64. The zero-order chi connectivity index (χ0) is 22.1. The third-order valence-corrected chi connectivity index (χ3v) is 6.78. The molecule has 0 atom stereocenters. The molecule has 0 aliphatic rings. The van der Waals surface area contributed by atoms with E-state index in [0.29, 0.717) is 15.6 Å². The summed E-state index contributed by atoms with van der Waals surface area (Å²) in [4.78, 5) is 13.4. The molecule has 0 unspecified atom stereocenters. The lowest BCUT2D eigenvalue weighted by Gasteiger charge is -2.05. The first-order valence-corrected chi connectivity index (χ1v) is 11.1. The molecule has 0 aliphatic carbocycles. The highest BCUT2D eigenvalue weighted by Crippen LogP contribution is 2.35. The van der Waals surface area contributed by atoms with Crippen molar-refractivity contribution < 1.29 is 9.18 Å². The maximum atomic E-state index is 13.4. The summed E-state index contributed by atoms with van der Waals surface area (Å²) in [6, 6.07) is 23.5. The number of fused-ring (bicyclic) bond motifs is 1. The third kappa shape index (κ3) is 3.90. The standard InChI is InChI=1S/C25H17ClFN3OS/c26-22-20-8-4-5-9-21(20)32-24(22)25(31)28-14-17-15-30(19-6-2-1-3-7-19)29-23(17)16-10-12-18(27)13-11-16/h1-13,15H,14H2,(H,28,31). The molecule has 1 amide bonds. The Labute approximate surface area is 192 Å². The number of rotatable bonds is 5. The number of halogens is 2. The first-order valence-electron chi connectivity index (χ1n) is 9.95. The largest absolute Gasteiger partial charge is 0.347 e. The van der Waals surface area contributed by atoms with Crippen molar-refractivity contribution in [2.75, 3.05) is 0 Å². The van der Waals surface area contributed by atoms with Crippen molar-refractivity contribution in [3.05, 3.63) is 106 Å². The van der Waals surface area contributed by atoms with Crippen LogP contribution in [0.2, 0.25) is 5.02 Å². The number of amides is 1. The molecule has 7 heteroatoms. The zero-order valence-corrected chi connectivity index (χ0v) is 18.3. The molecular formula is C25H17ClFN3OS. The van der Waals surface area contributed by atoms with Crippen LogP contribution in [0.1, 0.15) is 15.2 Å². The number of carbonyl (C=O) groups excluding carboxylic acids is 1. The van der Waals surface area contributed by atoms with Gasteiger partial charge in [-0.25, -0.2) is 9.07 Å². The fraction of sp³-hybridized carbons (Fsp3) is 0.0400. The lowest BCUT2D eigenvalue weighted by atomic mass is 10.1. The molecule has 0 fully saturated rings. The maximum Gasteiger partial charge on any atom is 0.263 e. The van der Waals surface area contributed by atoms with Crippen molar-refractivity contribution in [1.29, 1.82) is 0 Å². The SMILES string of the molecule is O=C(NCc1cn(-c2ccccc2)nc1-c1ccc(F)cc1)c1sc2ccccc2c1Cl. The zero-order valence-electron chi connectivity index (χ0n) is 16.8. The van der Waals surface area contributed by atoms with Crippen molar-refractivity contribution in [2.45, 2.75) is 6.54 Å². The summed E-state index contributed by atoms with van der Waals surface area (Å²) in [6.07, 6.45) is 1.88. The van der Waals surface area contributed by atoms with E-state index in [1.807, 2.05) is 60.8 Å². The average molecular weight is 462 g/mol. The minimum Gasteiger partial charge on any atom is -0.347 e. The maximum absolute atomic E-state index is 13.4. The molecule has 5 rings (SSSR count). The van der Waals surface area contributed by atoms with E-state index in [2.05, 4.69) is 5.32 Å². The first-order chi connectivity index (χ1) is 15.6. The summed E-state index contributed by atoms with van der Waals surface area (Å²) in [7, 11) is 0. The van der Waals surface area contributed by atoms with Gasteiger partial charge in [-0.3, -0.25) is 4.79 Å². The van der Waals surface area contributed by atoms with Crippen molar-refractivity contribution in [3.8, 4) is 16.9 Å². The minimum atomic E-state index is -0.314. The topological polar surface area (TPSA) is 46.9 Å². The highest BCUT2D eigenvalue weighted by molar-refractivity contribution is 7.21. The fourth-order valence-electron chi connectivity index (χ4n) is 3.52. The number of aromatic nitrogens is 2. The Morgan fingerprint density at radius 3 is 2.47 bits per heavy atom. The smallest absolute Gasteiger partial charge is 0.263 e.